The number of nitrogen functional groups attached to an aromatic ring is 3. The van der Waals surface area contributed by atoms with Crippen LogP contribution in [0.15, 0.2) is 6.07 Å². The fourth-order valence-electron chi connectivity index (χ4n) is 0.702. The van der Waals surface area contributed by atoms with Crippen LogP contribution in [-0.4, -0.2) is 13.8 Å². The molecule has 0 aromatic carbocycles. The van der Waals surface area contributed by atoms with Gasteiger partial charge in [-0.05, 0) is 0 Å². The molecule has 44 valence electrons. The van der Waals surface area contributed by atoms with Gasteiger partial charge in [-0.1, -0.05) is 0 Å². The maximum atomic E-state index is 5.40. The van der Waals surface area contributed by atoms with Gasteiger partial charge < -0.3 is 0 Å². The van der Waals surface area contributed by atoms with Gasteiger partial charge in [0.1, 0.15) is 0 Å². The summed E-state index contributed by atoms with van der Waals surface area (Å²) in [5, 5.41) is 0. The summed E-state index contributed by atoms with van der Waals surface area (Å²) in [7, 11) is 0. The average molecular weight is 119 g/mol. The molecule has 1 rings (SSSR count). The minimum absolute atomic E-state index is 0.604. The molecule has 0 atom stereocenters. The van der Waals surface area contributed by atoms with E-state index < -0.39 is 0 Å². The van der Waals surface area contributed by atoms with E-state index in [1.165, 1.54) is 0 Å². The first-order valence-corrected chi connectivity index (χ1v) is 2.60. The summed E-state index contributed by atoms with van der Waals surface area (Å²) in [4.78, 5) is 0. The zero-order chi connectivity index (χ0) is 6.85. The molecule has 0 aliphatic heterocycles. The van der Waals surface area contributed by atoms with Crippen molar-refractivity contribution >= 4 is 30.5 Å². The van der Waals surface area contributed by atoms with Crippen LogP contribution in [0.3, 0.4) is 0 Å². The fourth-order valence-corrected chi connectivity index (χ4v) is 0.702. The molecule has 0 amide bonds. The van der Waals surface area contributed by atoms with Gasteiger partial charge in [0.05, 0.1) is 0 Å². The summed E-state index contributed by atoms with van der Waals surface area (Å²) < 4.78 is 0. The van der Waals surface area contributed by atoms with Crippen molar-refractivity contribution in [1.29, 1.82) is 0 Å². The number of rotatable bonds is 0. The van der Waals surface area contributed by atoms with Gasteiger partial charge in [0.25, 0.3) is 0 Å². The van der Waals surface area contributed by atoms with Gasteiger partial charge in [0.15, 0.2) is 0 Å². The van der Waals surface area contributed by atoms with Crippen molar-refractivity contribution in [1.82, 2.24) is 0 Å². The normalized spacial score (nSPS) is 8.44. The number of hydrogen-bond acceptors (Lipinski definition) is 3. The van der Waals surface area contributed by atoms with Crippen molar-refractivity contribution in [3.63, 3.8) is 0 Å². The van der Waals surface area contributed by atoms with Crippen LogP contribution in [0.5, 0.6) is 0 Å². The molecule has 0 saturated heterocycles. The summed E-state index contributed by atoms with van der Waals surface area (Å²) in [6.45, 7) is 3.33. The van der Waals surface area contributed by atoms with Crippen LogP contribution in [0.2, 0.25) is 0 Å². The van der Waals surface area contributed by atoms with E-state index in [0.717, 1.165) is 0 Å². The Bertz CT molecular complexity index is 175. The Labute approximate surface area is 54.7 Å². The van der Waals surface area contributed by atoms with Crippen molar-refractivity contribution in [2.75, 3.05) is 17.2 Å². The Balaban J connectivity index is 3.17. The van der Waals surface area contributed by atoms with Gasteiger partial charge in [0.2, 0.25) is 0 Å². The van der Waals surface area contributed by atoms with Gasteiger partial charge >= 0.3 is 53.7 Å². The minimum atomic E-state index is 0.604. The zero-order valence-corrected chi connectivity index (χ0v) is 4.96. The van der Waals surface area contributed by atoms with E-state index in [-0.39, 0.29) is 0 Å². The molecule has 0 radical (unpaired) electrons. The third kappa shape index (κ3) is 1.45. The number of hydrogen-bond donors (Lipinski definition) is 3. The molecule has 0 bridgehead atoms. The molecule has 0 aliphatic carbocycles. The van der Waals surface area contributed by atoms with Gasteiger partial charge in [-0.25, -0.2) is 0 Å². The van der Waals surface area contributed by atoms with Crippen LogP contribution < -0.4 is 17.2 Å². The third-order valence-corrected chi connectivity index (χ3v) is 1.00. The van der Waals surface area contributed by atoms with Crippen molar-refractivity contribution in [2.24, 2.45) is 0 Å². The second-order valence-corrected chi connectivity index (χ2v) is 1.93. The van der Waals surface area contributed by atoms with Crippen LogP contribution in [0.25, 0.3) is 0 Å². The Kier molecular flexibility index (Phi) is 1.42. The molecule has 1 heterocycles. The standard InChI is InChI=1S/C4H7B2N3/c7-2-1-3(8)6-4(9)5-2/h1H,7-9H2. The van der Waals surface area contributed by atoms with Crippen LogP contribution in [0.4, 0.5) is 16.6 Å². The summed E-state index contributed by atoms with van der Waals surface area (Å²) in [5.74, 6) is 0. The molecule has 0 spiro atoms. The second kappa shape index (κ2) is 2.09. The average Bonchev–Trinajstić information content (AvgIpc) is 1.59. The predicted molar refractivity (Wildman–Crippen MR) is 42.4 cm³/mol. The summed E-state index contributed by atoms with van der Waals surface area (Å²) in [6.07, 6.45) is 0. The quantitative estimate of drug-likeness (QED) is 0.414. The van der Waals surface area contributed by atoms with Gasteiger partial charge in [-0.3, -0.25) is 0 Å². The van der Waals surface area contributed by atoms with Crippen LogP contribution in [0, 0.1) is 0 Å². The van der Waals surface area contributed by atoms with Crippen molar-refractivity contribution in [2.45, 2.75) is 0 Å². The van der Waals surface area contributed by atoms with Crippen molar-refractivity contribution < 1.29 is 0 Å². The van der Waals surface area contributed by atoms with Crippen LogP contribution >= 0.6 is 0 Å². The molecule has 0 unspecified atom stereocenters. The topological polar surface area (TPSA) is 78.1 Å². The first-order valence-electron chi connectivity index (χ1n) is 2.60. The van der Waals surface area contributed by atoms with E-state index in [9.17, 15) is 0 Å². The van der Waals surface area contributed by atoms with E-state index >= 15 is 0 Å². The molecule has 1 aromatic rings. The van der Waals surface area contributed by atoms with E-state index in [2.05, 4.69) is 0 Å². The van der Waals surface area contributed by atoms with Gasteiger partial charge in [-0.15, -0.1) is 0 Å². The van der Waals surface area contributed by atoms with Gasteiger partial charge in [-0.2, -0.15) is 0 Å². The Morgan fingerprint density at radius 1 is 1.00 bits per heavy atom. The Morgan fingerprint density at radius 2 is 1.44 bits per heavy atom. The molecule has 0 saturated carbocycles. The van der Waals surface area contributed by atoms with Crippen LogP contribution in [0.1, 0.15) is 0 Å². The SMILES string of the molecule is Nc1bc(N)cc(N)b1. The first kappa shape index (κ1) is 6.13. The molecule has 1 aromatic heterocycles. The number of anilines is 3. The van der Waals surface area contributed by atoms with E-state index in [1.807, 2.05) is 0 Å². The number of nitrogens with two attached hydrogens (primary N) is 3. The van der Waals surface area contributed by atoms with E-state index in [4.69, 9.17) is 17.2 Å². The fraction of sp³-hybridized carbons (Fsp3) is 0. The summed E-state index contributed by atoms with van der Waals surface area (Å²) in [5.41, 5.74) is 18.0. The first-order chi connectivity index (χ1) is 4.18. The van der Waals surface area contributed by atoms with Gasteiger partial charge in [0, 0.05) is 0 Å². The van der Waals surface area contributed by atoms with E-state index in [1.54, 1.807) is 19.9 Å². The third-order valence-electron chi connectivity index (χ3n) is 1.00. The predicted octanol–water partition coefficient (Wildman–Crippen LogP) is -0.891. The molecule has 0 fully saturated rings. The molecular formula is C4H7B2N3. The van der Waals surface area contributed by atoms with Crippen molar-refractivity contribution in [3.05, 3.63) is 6.07 Å². The Hall–Kier alpha value is -0.990. The maximum absolute atomic E-state index is 5.40. The molecule has 3 nitrogen and oxygen atoms in total. The zero-order valence-electron chi connectivity index (χ0n) is 4.96. The summed E-state index contributed by atoms with van der Waals surface area (Å²) >= 11 is 0. The molecule has 6 N–H and O–H groups in total. The van der Waals surface area contributed by atoms with Crippen molar-refractivity contribution in [3.8, 4) is 0 Å². The van der Waals surface area contributed by atoms with Crippen LogP contribution in [-0.2, 0) is 0 Å². The summed E-state index contributed by atoms with van der Waals surface area (Å²) in [6, 6.07) is 1.66. The Morgan fingerprint density at radius 3 is 1.78 bits per heavy atom. The van der Waals surface area contributed by atoms with E-state index in [0.29, 0.717) is 16.6 Å². The molecule has 0 aliphatic rings. The molecule has 5 heteroatoms. The molecule has 9 heavy (non-hydrogen) atoms. The molecular weight excluding hydrogens is 112 g/mol. The second-order valence-electron chi connectivity index (χ2n) is 1.93. The monoisotopic (exact) mass is 119 g/mol.